The van der Waals surface area contributed by atoms with Crippen LogP contribution in [-0.2, 0) is 17.8 Å². The number of ketones is 1. The molecule has 0 atom stereocenters. The molecule has 1 aromatic rings. The summed E-state index contributed by atoms with van der Waals surface area (Å²) in [4.78, 5) is 17.8. The van der Waals surface area contributed by atoms with Crippen molar-refractivity contribution in [3.63, 3.8) is 0 Å². The highest BCUT2D eigenvalue weighted by atomic mass is 35.5. The van der Waals surface area contributed by atoms with E-state index in [0.717, 1.165) is 47.7 Å². The van der Waals surface area contributed by atoms with Crippen LogP contribution >= 0.6 is 11.6 Å². The van der Waals surface area contributed by atoms with Gasteiger partial charge in [0.1, 0.15) is 5.78 Å². The lowest BCUT2D eigenvalue weighted by atomic mass is 9.81. The van der Waals surface area contributed by atoms with E-state index in [2.05, 4.69) is 31.3 Å². The monoisotopic (exact) mass is 360 g/mol. The molecule has 1 heterocycles. The van der Waals surface area contributed by atoms with E-state index in [1.54, 1.807) is 0 Å². The molecule has 1 saturated carbocycles. The Morgan fingerprint density at radius 1 is 1.28 bits per heavy atom. The van der Waals surface area contributed by atoms with Crippen LogP contribution in [0.25, 0.3) is 0 Å². The van der Waals surface area contributed by atoms with Crippen LogP contribution in [0, 0.1) is 5.92 Å². The average molecular weight is 361 g/mol. The Morgan fingerprint density at radius 3 is 2.68 bits per heavy atom. The van der Waals surface area contributed by atoms with Crippen molar-refractivity contribution in [1.82, 2.24) is 5.32 Å². The highest BCUT2D eigenvalue weighted by molar-refractivity contribution is 6.31. The van der Waals surface area contributed by atoms with Gasteiger partial charge in [-0.1, -0.05) is 30.9 Å². The molecule has 1 N–H and O–H groups in total. The summed E-state index contributed by atoms with van der Waals surface area (Å²) < 4.78 is 0. The highest BCUT2D eigenvalue weighted by Gasteiger charge is 2.30. The third-order valence-electron chi connectivity index (χ3n) is 5.41. The lowest BCUT2D eigenvalue weighted by molar-refractivity contribution is -0.122. The molecule has 0 amide bonds. The summed E-state index contributed by atoms with van der Waals surface area (Å²) in [7, 11) is 1.92. The maximum atomic E-state index is 12.8. The Morgan fingerprint density at radius 2 is 2.00 bits per heavy atom. The van der Waals surface area contributed by atoms with Gasteiger partial charge in [0.25, 0.3) is 0 Å². The van der Waals surface area contributed by atoms with Crippen LogP contribution in [0.2, 0.25) is 5.02 Å². The Labute approximate surface area is 156 Å². The summed E-state index contributed by atoms with van der Waals surface area (Å²) in [5.41, 5.74) is 4.19. The number of nitrogens with zero attached hydrogens (tertiary/aromatic N) is 1. The first kappa shape index (κ1) is 18.6. The van der Waals surface area contributed by atoms with Crippen molar-refractivity contribution in [3.8, 4) is 0 Å². The van der Waals surface area contributed by atoms with Crippen molar-refractivity contribution >= 4 is 23.1 Å². The van der Waals surface area contributed by atoms with E-state index in [9.17, 15) is 4.79 Å². The minimum atomic E-state index is -0.178. The molecule has 3 rings (SSSR count). The summed E-state index contributed by atoms with van der Waals surface area (Å²) in [6.07, 6.45) is 7.07. The van der Waals surface area contributed by atoms with E-state index in [1.807, 2.05) is 7.05 Å². The first-order valence-corrected chi connectivity index (χ1v) is 9.85. The second-order valence-electron chi connectivity index (χ2n) is 8.16. The van der Waals surface area contributed by atoms with Gasteiger partial charge in [-0.15, -0.1) is 0 Å². The molecule has 0 saturated heterocycles. The molecule has 1 aromatic carbocycles. The predicted molar refractivity (Wildman–Crippen MR) is 105 cm³/mol. The van der Waals surface area contributed by atoms with Crippen molar-refractivity contribution in [2.75, 3.05) is 7.05 Å². The van der Waals surface area contributed by atoms with Crippen molar-refractivity contribution in [2.45, 2.75) is 70.9 Å². The van der Waals surface area contributed by atoms with Gasteiger partial charge in [0.15, 0.2) is 0 Å². The maximum Gasteiger partial charge on any atom is 0.141 e. The molecule has 0 spiro atoms. The summed E-state index contributed by atoms with van der Waals surface area (Å²) in [5, 5.41) is 3.96. The number of rotatable bonds is 5. The van der Waals surface area contributed by atoms with Gasteiger partial charge in [-0.2, -0.15) is 0 Å². The van der Waals surface area contributed by atoms with Gasteiger partial charge in [0.2, 0.25) is 0 Å². The Bertz CT molecular complexity index is 687. The summed E-state index contributed by atoms with van der Waals surface area (Å²) in [5.74, 6) is 0.598. The van der Waals surface area contributed by atoms with Crippen molar-refractivity contribution < 1.29 is 4.79 Å². The number of hydrogen-bond donors (Lipinski definition) is 1. The zero-order valence-electron chi connectivity index (χ0n) is 15.6. The number of halogens is 1. The van der Waals surface area contributed by atoms with Crippen LogP contribution in [0.1, 0.15) is 69.1 Å². The summed E-state index contributed by atoms with van der Waals surface area (Å²) in [6, 6.07) is 4.21. The molecule has 0 bridgehead atoms. The Kier molecular flexibility index (Phi) is 5.65. The standard InChI is InChI=1S/C21H29ClN2O/c1-21(2)12-15-10-18(22)16(13-23-3)9-17(15)19(24-21)11-20(25)14-7-5-4-6-8-14/h9-10,14,23H,4-8,11-13H2,1-3H3. The number of carbonyl (C=O) groups is 1. The third kappa shape index (κ3) is 4.32. The molecule has 4 heteroatoms. The van der Waals surface area contributed by atoms with Crippen LogP contribution in [0.5, 0.6) is 0 Å². The highest BCUT2D eigenvalue weighted by Crippen LogP contribution is 2.33. The number of Topliss-reactive ketones (excluding diaryl/α,β-unsaturated/α-hetero) is 1. The molecular formula is C21H29ClN2O. The molecule has 0 aromatic heterocycles. The van der Waals surface area contributed by atoms with E-state index in [4.69, 9.17) is 16.6 Å². The fraction of sp³-hybridized carbons (Fsp3) is 0.619. The Balaban J connectivity index is 1.90. The molecule has 25 heavy (non-hydrogen) atoms. The minimum Gasteiger partial charge on any atom is -0.316 e. The fourth-order valence-electron chi connectivity index (χ4n) is 4.20. The smallest absolute Gasteiger partial charge is 0.141 e. The molecule has 1 fully saturated rings. The second kappa shape index (κ2) is 7.59. The van der Waals surface area contributed by atoms with E-state index in [0.29, 0.717) is 12.2 Å². The van der Waals surface area contributed by atoms with Crippen LogP contribution in [-0.4, -0.2) is 24.1 Å². The molecule has 3 nitrogen and oxygen atoms in total. The van der Waals surface area contributed by atoms with E-state index >= 15 is 0 Å². The van der Waals surface area contributed by atoms with E-state index in [-0.39, 0.29) is 11.5 Å². The van der Waals surface area contributed by atoms with E-state index < -0.39 is 0 Å². The quantitative estimate of drug-likeness (QED) is 0.825. The Hall–Kier alpha value is -1.19. The van der Waals surface area contributed by atoms with Crippen molar-refractivity contribution in [3.05, 3.63) is 33.8 Å². The second-order valence-corrected chi connectivity index (χ2v) is 8.56. The van der Waals surface area contributed by atoms with Gasteiger partial charge in [0, 0.05) is 23.9 Å². The van der Waals surface area contributed by atoms with Crippen LogP contribution in [0.4, 0.5) is 0 Å². The van der Waals surface area contributed by atoms with E-state index in [1.165, 1.54) is 24.8 Å². The zero-order chi connectivity index (χ0) is 18.0. The lowest BCUT2D eigenvalue weighted by Crippen LogP contribution is -2.31. The van der Waals surface area contributed by atoms with Crippen LogP contribution < -0.4 is 5.32 Å². The molecule has 0 radical (unpaired) electrons. The zero-order valence-corrected chi connectivity index (χ0v) is 16.4. The molecule has 1 aliphatic carbocycles. The molecule has 136 valence electrons. The number of benzene rings is 1. The van der Waals surface area contributed by atoms with Crippen LogP contribution in [0.15, 0.2) is 17.1 Å². The number of hydrogen-bond acceptors (Lipinski definition) is 3. The third-order valence-corrected chi connectivity index (χ3v) is 5.77. The van der Waals surface area contributed by atoms with Gasteiger partial charge >= 0.3 is 0 Å². The van der Waals surface area contributed by atoms with Gasteiger partial charge < -0.3 is 5.32 Å². The average Bonchev–Trinajstić information content (AvgIpc) is 2.56. The van der Waals surface area contributed by atoms with Gasteiger partial charge in [-0.05, 0) is 69.0 Å². The first-order chi connectivity index (χ1) is 11.9. The van der Waals surface area contributed by atoms with Crippen molar-refractivity contribution in [1.29, 1.82) is 0 Å². The minimum absolute atomic E-state index is 0.178. The lowest BCUT2D eigenvalue weighted by Gasteiger charge is -2.30. The maximum absolute atomic E-state index is 12.8. The van der Waals surface area contributed by atoms with Gasteiger partial charge in [-0.3, -0.25) is 9.79 Å². The summed E-state index contributed by atoms with van der Waals surface area (Å²) >= 11 is 6.46. The SMILES string of the molecule is CNCc1cc2c(cc1Cl)CC(C)(C)N=C2CC(=O)C1CCCCC1. The predicted octanol–water partition coefficient (Wildman–Crippen LogP) is 4.72. The van der Waals surface area contributed by atoms with Crippen LogP contribution in [0.3, 0.4) is 0 Å². The topological polar surface area (TPSA) is 41.5 Å². The molecule has 1 aliphatic heterocycles. The van der Waals surface area contributed by atoms with Gasteiger partial charge in [-0.25, -0.2) is 0 Å². The first-order valence-electron chi connectivity index (χ1n) is 9.47. The molecular weight excluding hydrogens is 332 g/mol. The largest absolute Gasteiger partial charge is 0.316 e. The molecule has 2 aliphatic rings. The number of fused-ring (bicyclic) bond motifs is 1. The number of carbonyl (C=O) groups excluding carboxylic acids is 1. The number of nitrogens with one attached hydrogen (secondary N) is 1. The van der Waals surface area contributed by atoms with Crippen molar-refractivity contribution in [2.24, 2.45) is 10.9 Å². The normalized spacial score (nSPS) is 20.1. The molecule has 0 unspecified atom stereocenters. The summed E-state index contributed by atoms with van der Waals surface area (Å²) in [6.45, 7) is 4.99. The fourth-order valence-corrected chi connectivity index (χ4v) is 4.45. The number of aliphatic imine (C=N–C) groups is 1. The van der Waals surface area contributed by atoms with Gasteiger partial charge in [0.05, 0.1) is 11.3 Å².